The quantitative estimate of drug-likeness (QED) is 0.811. The van der Waals surface area contributed by atoms with Crippen molar-refractivity contribution in [1.82, 2.24) is 0 Å². The summed E-state index contributed by atoms with van der Waals surface area (Å²) in [5.41, 5.74) is 1.85. The van der Waals surface area contributed by atoms with Crippen LogP contribution < -0.4 is 4.31 Å². The summed E-state index contributed by atoms with van der Waals surface area (Å²) in [5.74, 6) is -0.444. The monoisotopic (exact) mass is 331 g/mol. The van der Waals surface area contributed by atoms with Crippen molar-refractivity contribution in [3.63, 3.8) is 0 Å². The Morgan fingerprint density at radius 2 is 1.83 bits per heavy atom. The Balaban J connectivity index is 2.21. The maximum Gasteiger partial charge on any atom is 0.307 e. The Labute approximate surface area is 135 Å². The summed E-state index contributed by atoms with van der Waals surface area (Å²) in [6, 6.07) is 13.6. The van der Waals surface area contributed by atoms with Crippen molar-refractivity contribution in [3.05, 3.63) is 59.7 Å². The molecule has 0 amide bonds. The van der Waals surface area contributed by atoms with Gasteiger partial charge in [-0.2, -0.15) is 0 Å². The number of ether oxygens (including phenoxy) is 1. The van der Waals surface area contributed by atoms with E-state index in [4.69, 9.17) is 4.74 Å². The molecule has 0 aromatic heterocycles. The standard InChI is InChI=1S/C17H17NO4S/c1-12-7-6-10-14-15(11-16(19)22-2)18(23(20,21)17(12)14)13-8-4-3-5-9-13/h3-10,15H,11H2,1-2H3. The van der Waals surface area contributed by atoms with Crippen molar-refractivity contribution in [3.8, 4) is 0 Å². The van der Waals surface area contributed by atoms with E-state index in [0.717, 1.165) is 0 Å². The van der Waals surface area contributed by atoms with Gasteiger partial charge in [0.05, 0.1) is 30.2 Å². The molecule has 1 atom stereocenters. The fourth-order valence-corrected chi connectivity index (χ4v) is 5.11. The molecule has 2 aromatic rings. The minimum Gasteiger partial charge on any atom is -0.469 e. The molecule has 0 bridgehead atoms. The van der Waals surface area contributed by atoms with Crippen LogP contribution in [0.3, 0.4) is 0 Å². The van der Waals surface area contributed by atoms with E-state index in [2.05, 4.69) is 0 Å². The van der Waals surface area contributed by atoms with Gasteiger partial charge >= 0.3 is 5.97 Å². The lowest BCUT2D eigenvalue weighted by atomic mass is 10.0. The van der Waals surface area contributed by atoms with Crippen LogP contribution in [0.15, 0.2) is 53.4 Å². The lowest BCUT2D eigenvalue weighted by molar-refractivity contribution is -0.141. The van der Waals surface area contributed by atoms with Gasteiger partial charge in [0, 0.05) is 0 Å². The Kier molecular flexibility index (Phi) is 3.85. The zero-order chi connectivity index (χ0) is 16.6. The molecule has 0 saturated carbocycles. The summed E-state index contributed by atoms with van der Waals surface area (Å²) in [6.45, 7) is 1.76. The van der Waals surface area contributed by atoms with Crippen LogP contribution in [0.25, 0.3) is 0 Å². The van der Waals surface area contributed by atoms with Gasteiger partial charge in [-0.15, -0.1) is 0 Å². The van der Waals surface area contributed by atoms with Crippen molar-refractivity contribution in [2.45, 2.75) is 24.3 Å². The van der Waals surface area contributed by atoms with Crippen molar-refractivity contribution >= 4 is 21.7 Å². The van der Waals surface area contributed by atoms with E-state index in [0.29, 0.717) is 16.8 Å². The zero-order valence-electron chi connectivity index (χ0n) is 12.9. The Hall–Kier alpha value is -2.34. The molecule has 0 aliphatic carbocycles. The SMILES string of the molecule is COC(=O)CC1c2cccc(C)c2S(=O)(=O)N1c1ccccc1. The van der Waals surface area contributed by atoms with E-state index in [1.165, 1.54) is 11.4 Å². The molecular weight excluding hydrogens is 314 g/mol. The third-order valence-corrected chi connectivity index (χ3v) is 6.06. The van der Waals surface area contributed by atoms with E-state index in [1.54, 1.807) is 43.3 Å². The van der Waals surface area contributed by atoms with E-state index in [1.807, 2.05) is 12.1 Å². The van der Waals surface area contributed by atoms with Gasteiger partial charge in [-0.1, -0.05) is 36.4 Å². The van der Waals surface area contributed by atoms with E-state index >= 15 is 0 Å². The third kappa shape index (κ3) is 2.49. The predicted molar refractivity (Wildman–Crippen MR) is 86.7 cm³/mol. The van der Waals surface area contributed by atoms with Gasteiger partial charge in [0.15, 0.2) is 0 Å². The molecule has 1 aliphatic heterocycles. The molecule has 1 aliphatic rings. The van der Waals surface area contributed by atoms with Crippen molar-refractivity contribution < 1.29 is 17.9 Å². The molecule has 0 spiro atoms. The number of carbonyl (C=O) groups is 1. The number of benzene rings is 2. The fourth-order valence-electron chi connectivity index (χ4n) is 3.01. The lowest BCUT2D eigenvalue weighted by Gasteiger charge is -2.25. The van der Waals surface area contributed by atoms with E-state index in [9.17, 15) is 13.2 Å². The van der Waals surface area contributed by atoms with Crippen LogP contribution in [0.2, 0.25) is 0 Å². The van der Waals surface area contributed by atoms with Gasteiger partial charge in [-0.25, -0.2) is 8.42 Å². The second kappa shape index (κ2) is 5.70. The average Bonchev–Trinajstić information content (AvgIpc) is 2.76. The summed E-state index contributed by atoms with van der Waals surface area (Å²) < 4.78 is 32.2. The maximum atomic E-state index is 13.1. The number of carbonyl (C=O) groups excluding carboxylic acids is 1. The lowest BCUT2D eigenvalue weighted by Crippen LogP contribution is -2.29. The van der Waals surface area contributed by atoms with Crippen molar-refractivity contribution in [1.29, 1.82) is 0 Å². The molecule has 0 fully saturated rings. The molecular formula is C17H17NO4S. The number of esters is 1. The predicted octanol–water partition coefficient (Wildman–Crippen LogP) is 2.81. The smallest absolute Gasteiger partial charge is 0.307 e. The number of hydrogen-bond donors (Lipinski definition) is 0. The molecule has 6 heteroatoms. The molecule has 120 valence electrons. The van der Waals surface area contributed by atoms with Gasteiger partial charge in [0.2, 0.25) is 0 Å². The van der Waals surface area contributed by atoms with Gasteiger partial charge in [0.1, 0.15) is 0 Å². The fraction of sp³-hybridized carbons (Fsp3) is 0.235. The van der Waals surface area contributed by atoms with Crippen LogP contribution in [-0.2, 0) is 19.6 Å². The van der Waals surface area contributed by atoms with Crippen molar-refractivity contribution in [2.75, 3.05) is 11.4 Å². The van der Waals surface area contributed by atoms with Crippen LogP contribution in [-0.4, -0.2) is 21.5 Å². The second-order valence-electron chi connectivity index (χ2n) is 5.43. The van der Waals surface area contributed by atoms with Gasteiger partial charge in [-0.05, 0) is 30.2 Å². The minimum atomic E-state index is -3.71. The van der Waals surface area contributed by atoms with Gasteiger partial charge in [0.25, 0.3) is 10.0 Å². The number of fused-ring (bicyclic) bond motifs is 1. The number of sulfonamides is 1. The molecule has 1 unspecified atom stereocenters. The molecule has 1 heterocycles. The summed E-state index contributed by atoms with van der Waals surface area (Å²) >= 11 is 0. The van der Waals surface area contributed by atoms with Crippen LogP contribution in [0.4, 0.5) is 5.69 Å². The first kappa shape index (κ1) is 15.6. The first-order valence-corrected chi connectivity index (χ1v) is 8.66. The van der Waals surface area contributed by atoms with E-state index in [-0.39, 0.29) is 11.3 Å². The molecule has 23 heavy (non-hydrogen) atoms. The number of aryl methyl sites for hydroxylation is 1. The number of para-hydroxylation sites is 1. The number of methoxy groups -OCH3 is 1. The molecule has 5 nitrogen and oxygen atoms in total. The highest BCUT2D eigenvalue weighted by Gasteiger charge is 2.44. The van der Waals surface area contributed by atoms with E-state index < -0.39 is 22.0 Å². The summed E-state index contributed by atoms with van der Waals surface area (Å²) in [5, 5.41) is 0. The molecule has 0 saturated heterocycles. The number of nitrogens with zero attached hydrogens (tertiary/aromatic N) is 1. The summed E-state index contributed by atoms with van der Waals surface area (Å²) in [4.78, 5) is 12.1. The first-order chi connectivity index (χ1) is 11.0. The molecule has 0 radical (unpaired) electrons. The van der Waals surface area contributed by atoms with Crippen LogP contribution in [0, 0.1) is 6.92 Å². The number of anilines is 1. The topological polar surface area (TPSA) is 63.7 Å². The van der Waals surface area contributed by atoms with Crippen LogP contribution in [0.1, 0.15) is 23.6 Å². The minimum absolute atomic E-state index is 0.0267. The van der Waals surface area contributed by atoms with Gasteiger partial charge < -0.3 is 4.74 Å². The Morgan fingerprint density at radius 1 is 1.13 bits per heavy atom. The van der Waals surface area contributed by atoms with Gasteiger partial charge in [-0.3, -0.25) is 9.10 Å². The normalized spacial score (nSPS) is 18.5. The summed E-state index contributed by atoms with van der Waals surface area (Å²) in [7, 11) is -2.41. The molecule has 3 rings (SSSR count). The second-order valence-corrected chi connectivity index (χ2v) is 7.18. The largest absolute Gasteiger partial charge is 0.469 e. The Morgan fingerprint density at radius 3 is 2.48 bits per heavy atom. The Bertz CT molecular complexity index is 846. The average molecular weight is 331 g/mol. The summed E-state index contributed by atoms with van der Waals surface area (Å²) in [6.07, 6.45) is -0.0267. The van der Waals surface area contributed by atoms with Crippen LogP contribution >= 0.6 is 0 Å². The maximum absolute atomic E-state index is 13.1. The number of rotatable bonds is 3. The highest BCUT2D eigenvalue weighted by molar-refractivity contribution is 7.93. The first-order valence-electron chi connectivity index (χ1n) is 7.22. The molecule has 0 N–H and O–H groups in total. The highest BCUT2D eigenvalue weighted by Crippen LogP contribution is 2.45. The molecule has 2 aromatic carbocycles. The highest BCUT2D eigenvalue weighted by atomic mass is 32.2. The zero-order valence-corrected chi connectivity index (χ0v) is 13.7. The van der Waals surface area contributed by atoms with Crippen molar-refractivity contribution in [2.24, 2.45) is 0 Å². The van der Waals surface area contributed by atoms with Crippen LogP contribution in [0.5, 0.6) is 0 Å². The third-order valence-electron chi connectivity index (χ3n) is 4.00. The number of hydrogen-bond acceptors (Lipinski definition) is 4.